The quantitative estimate of drug-likeness (QED) is 0.133. The van der Waals surface area contributed by atoms with E-state index < -0.39 is 94.6 Å². The molecule has 1 aromatic carbocycles. The number of nitrogens with one attached hydrogen (secondary N) is 1. The monoisotopic (exact) mass is 660 g/mol. The van der Waals surface area contributed by atoms with Crippen LogP contribution in [0.4, 0.5) is 4.39 Å². The second-order valence-electron chi connectivity index (χ2n) is 13.2. The number of amides is 1. The molecule has 14 nitrogen and oxygen atoms in total. The smallest absolute Gasteiger partial charge is 0.331 e. The van der Waals surface area contributed by atoms with Crippen molar-refractivity contribution in [3.8, 4) is 0 Å². The molecule has 1 amide bonds. The van der Waals surface area contributed by atoms with Gasteiger partial charge in [0.25, 0.3) is 11.0 Å². The summed E-state index contributed by atoms with van der Waals surface area (Å²) in [4.78, 5) is 65.7. The molecule has 1 unspecified atom stereocenters. The number of ketones is 2. The van der Waals surface area contributed by atoms with Crippen LogP contribution in [0.5, 0.6) is 0 Å². The van der Waals surface area contributed by atoms with Crippen molar-refractivity contribution in [3.05, 3.63) is 69.3 Å². The number of allylic oxidation sites excluding steroid dienone is 4. The third kappa shape index (κ3) is 5.34. The summed E-state index contributed by atoms with van der Waals surface area (Å²) < 4.78 is 22.3. The van der Waals surface area contributed by atoms with Crippen LogP contribution < -0.4 is 5.32 Å². The Morgan fingerprint density at radius 3 is 2.47 bits per heavy atom. The molecule has 3 fully saturated rings. The summed E-state index contributed by atoms with van der Waals surface area (Å²) >= 11 is 0. The van der Waals surface area contributed by atoms with Gasteiger partial charge in [-0.2, -0.15) is 0 Å². The number of Topliss-reactive ketones (excluding diaryl/α,β-unsaturated/α-hetero) is 1. The van der Waals surface area contributed by atoms with Crippen molar-refractivity contribution in [2.24, 2.45) is 22.7 Å². The molecule has 0 bridgehead atoms. The summed E-state index contributed by atoms with van der Waals surface area (Å²) in [5, 5.41) is 55.8. The maximum Gasteiger partial charge on any atom is 0.331 e. The van der Waals surface area contributed by atoms with E-state index in [4.69, 9.17) is 4.74 Å². The normalized spacial score (nSPS) is 36.2. The zero-order chi connectivity index (χ0) is 34.5. The molecular formula is C32H37FN2O12. The van der Waals surface area contributed by atoms with Crippen LogP contribution in [0.15, 0.2) is 48.1 Å². The van der Waals surface area contributed by atoms with E-state index in [0.29, 0.717) is 17.6 Å². The van der Waals surface area contributed by atoms with Crippen LogP contribution in [0.3, 0.4) is 0 Å². The molecule has 47 heavy (non-hydrogen) atoms. The van der Waals surface area contributed by atoms with Gasteiger partial charge in [0.15, 0.2) is 29.7 Å². The number of esters is 1. The van der Waals surface area contributed by atoms with Crippen molar-refractivity contribution in [2.75, 3.05) is 13.2 Å². The molecule has 0 radical (unpaired) electrons. The van der Waals surface area contributed by atoms with Gasteiger partial charge < -0.3 is 35.3 Å². The van der Waals surface area contributed by atoms with E-state index in [-0.39, 0.29) is 30.8 Å². The molecule has 4 aliphatic rings. The summed E-state index contributed by atoms with van der Waals surface area (Å²) in [6.45, 7) is 0.795. The fourth-order valence-corrected chi connectivity index (χ4v) is 8.38. The van der Waals surface area contributed by atoms with Crippen molar-refractivity contribution in [1.82, 2.24) is 5.32 Å². The van der Waals surface area contributed by atoms with Crippen molar-refractivity contribution in [2.45, 2.75) is 75.7 Å². The van der Waals surface area contributed by atoms with Gasteiger partial charge in [0.05, 0.1) is 18.8 Å². The van der Waals surface area contributed by atoms with E-state index in [0.717, 1.165) is 0 Å². The fraction of sp³-hybridized carbons (Fsp3) is 0.562. The third-order valence-electron chi connectivity index (χ3n) is 11.0. The first-order valence-corrected chi connectivity index (χ1v) is 15.2. The van der Waals surface area contributed by atoms with Crippen LogP contribution in [0.25, 0.3) is 0 Å². The van der Waals surface area contributed by atoms with Crippen LogP contribution >= 0.6 is 0 Å². The Kier molecular flexibility index (Phi) is 8.90. The van der Waals surface area contributed by atoms with Gasteiger partial charge in [0.2, 0.25) is 5.78 Å². The Morgan fingerprint density at radius 1 is 1.15 bits per heavy atom. The topological polar surface area (TPSA) is 223 Å². The number of nitrogens with zero attached hydrogens (tertiary/aromatic N) is 1. The lowest BCUT2D eigenvalue weighted by molar-refractivity contribution is -0.763. The minimum atomic E-state index is -2.53. The first kappa shape index (κ1) is 34.3. The number of halogens is 1. The van der Waals surface area contributed by atoms with Crippen molar-refractivity contribution >= 4 is 23.4 Å². The van der Waals surface area contributed by atoms with E-state index in [9.17, 15) is 49.7 Å². The highest BCUT2D eigenvalue weighted by Gasteiger charge is 2.76. The molecule has 9 atom stereocenters. The summed E-state index contributed by atoms with van der Waals surface area (Å²) in [6, 6.07) is 3.77. The molecule has 0 spiro atoms. The van der Waals surface area contributed by atoms with E-state index >= 15 is 4.39 Å². The Morgan fingerprint density at radius 2 is 1.83 bits per heavy atom. The Labute approximate surface area is 268 Å². The Bertz CT molecular complexity index is 1550. The first-order chi connectivity index (χ1) is 22.0. The van der Waals surface area contributed by atoms with Crippen molar-refractivity contribution in [3.63, 3.8) is 0 Å². The Hall–Kier alpha value is -4.05. The van der Waals surface area contributed by atoms with E-state index in [1.807, 2.05) is 0 Å². The van der Waals surface area contributed by atoms with Gasteiger partial charge in [-0.25, -0.2) is 9.18 Å². The third-order valence-corrected chi connectivity index (χ3v) is 11.0. The van der Waals surface area contributed by atoms with Crippen molar-refractivity contribution < 1.29 is 58.7 Å². The number of ether oxygens (including phenoxy) is 1. The molecule has 0 aromatic heterocycles. The number of carbonyl (C=O) groups is 4. The molecule has 0 aliphatic heterocycles. The number of benzene rings is 1. The maximum atomic E-state index is 17.3. The van der Waals surface area contributed by atoms with E-state index in [1.54, 1.807) is 6.92 Å². The molecule has 15 heteroatoms. The lowest BCUT2D eigenvalue weighted by Gasteiger charge is -2.62. The second kappa shape index (κ2) is 12.2. The number of carbonyl (C=O) groups excluding carboxylic acids is 4. The summed E-state index contributed by atoms with van der Waals surface area (Å²) in [6.07, 6.45) is 0.716. The van der Waals surface area contributed by atoms with Crippen LogP contribution in [-0.2, 0) is 30.6 Å². The van der Waals surface area contributed by atoms with Crippen LogP contribution in [0.1, 0.15) is 55.5 Å². The van der Waals surface area contributed by atoms with Gasteiger partial charge in [-0.15, -0.1) is 10.1 Å². The zero-order valence-corrected chi connectivity index (χ0v) is 25.8. The fourth-order valence-electron chi connectivity index (χ4n) is 8.38. The number of hydrogen-bond acceptors (Lipinski definition) is 12. The standard InChI is InChI=1S/C32H37FN2O12/c1-29-10-9-20(37)11-19(29)7-8-21-22-12-24(38)32(43,30(22,2)13-25(39)31(21,29)33)26(40)16-46-28(42)23(14-36)34-27(41)18-5-3-17(4-6-18)15-47-35(44)45/h3-6,9-11,21-25,36,38-39,43H,7-8,12-16H2,1-2H3,(H,34,41)/t21-,22-,23?,24+,25-,29-,30-,31-,32-/m0/s1. The van der Waals surface area contributed by atoms with Gasteiger partial charge in [0, 0.05) is 22.3 Å². The first-order valence-electron chi connectivity index (χ1n) is 15.2. The maximum absolute atomic E-state index is 17.3. The number of hydrogen-bond donors (Lipinski definition) is 5. The lowest BCUT2D eigenvalue weighted by Crippen LogP contribution is -2.69. The molecule has 254 valence electrons. The molecule has 5 N–H and O–H groups in total. The number of aliphatic hydroxyl groups excluding tert-OH is 3. The number of aliphatic hydroxyl groups is 4. The highest BCUT2D eigenvalue weighted by atomic mass is 19.1. The van der Waals surface area contributed by atoms with E-state index in [1.165, 1.54) is 49.4 Å². The van der Waals surface area contributed by atoms with Gasteiger partial charge in [-0.05, 0) is 68.4 Å². The van der Waals surface area contributed by atoms with Crippen molar-refractivity contribution in [1.29, 1.82) is 0 Å². The minimum Gasteiger partial charge on any atom is -0.456 e. The number of fused-ring (bicyclic) bond motifs is 5. The highest BCUT2D eigenvalue weighted by molar-refractivity contribution is 6.01. The van der Waals surface area contributed by atoms with Gasteiger partial charge in [-0.3, -0.25) is 14.4 Å². The molecule has 4 aliphatic carbocycles. The van der Waals surface area contributed by atoms with Gasteiger partial charge in [-0.1, -0.05) is 30.7 Å². The Balaban J connectivity index is 1.27. The second-order valence-corrected chi connectivity index (χ2v) is 13.2. The van der Waals surface area contributed by atoms with Crippen LogP contribution in [-0.4, -0.2) is 91.7 Å². The van der Waals surface area contributed by atoms with Gasteiger partial charge in [0.1, 0.15) is 6.61 Å². The SMILES string of the molecule is C[C@]12C=CC(=O)C=C1CC[C@H]1[C@@H]3C[C@@H](O)[C@](O)(C(=O)COC(=O)C(CO)NC(=O)c4ccc(CO[N+](=O)[O-])cc4)[C@@]3(C)C[C@H](O)[C@@]12F. The summed E-state index contributed by atoms with van der Waals surface area (Å²) in [5.74, 6) is -5.05. The average Bonchev–Trinajstić information content (AvgIpc) is 3.23. The molecule has 3 saturated carbocycles. The number of rotatable bonds is 10. The molecule has 0 heterocycles. The average molecular weight is 661 g/mol. The van der Waals surface area contributed by atoms with Crippen LogP contribution in [0.2, 0.25) is 0 Å². The van der Waals surface area contributed by atoms with Gasteiger partial charge >= 0.3 is 5.97 Å². The minimum absolute atomic E-state index is 0.0360. The lowest BCUT2D eigenvalue weighted by atomic mass is 9.44. The zero-order valence-electron chi connectivity index (χ0n) is 25.8. The molecule has 5 rings (SSSR count). The molecule has 0 saturated heterocycles. The molecular weight excluding hydrogens is 623 g/mol. The summed E-state index contributed by atoms with van der Waals surface area (Å²) in [5.41, 5.74) is -6.65. The predicted molar refractivity (Wildman–Crippen MR) is 157 cm³/mol. The summed E-state index contributed by atoms with van der Waals surface area (Å²) in [7, 11) is 0. The van der Waals surface area contributed by atoms with E-state index in [2.05, 4.69) is 10.2 Å². The molecule has 1 aromatic rings. The largest absolute Gasteiger partial charge is 0.456 e. The predicted octanol–water partition coefficient (Wildman–Crippen LogP) is 0.671. The van der Waals surface area contributed by atoms with Crippen LogP contribution in [0, 0.1) is 32.8 Å². The highest BCUT2D eigenvalue weighted by Crippen LogP contribution is 2.69. The number of alkyl halides is 1.